The largest absolute Gasteiger partial charge is 0.393 e. The topological polar surface area (TPSA) is 58.9 Å². The van der Waals surface area contributed by atoms with Crippen LogP contribution in [-0.4, -0.2) is 40.9 Å². The molecule has 31 heavy (non-hydrogen) atoms. The summed E-state index contributed by atoms with van der Waals surface area (Å²) < 4.78 is 13.3. The van der Waals surface area contributed by atoms with Crippen LogP contribution in [0.4, 0.5) is 0 Å². The summed E-state index contributed by atoms with van der Waals surface area (Å²) in [5, 5.41) is 21.9. The van der Waals surface area contributed by atoms with E-state index >= 15 is 0 Å². The third-order valence-corrected chi connectivity index (χ3v) is 11.3. The van der Waals surface area contributed by atoms with Crippen molar-refractivity contribution in [2.24, 2.45) is 46.3 Å². The van der Waals surface area contributed by atoms with Gasteiger partial charge in [0.2, 0.25) is 0 Å². The maximum atomic E-state index is 11.7. The fraction of sp³-hybridized carbons (Fsp3) is 0.926. The van der Waals surface area contributed by atoms with Gasteiger partial charge in [0.1, 0.15) is 0 Å². The zero-order chi connectivity index (χ0) is 21.8. The van der Waals surface area contributed by atoms with E-state index in [4.69, 9.17) is 9.47 Å². The molecule has 1 spiro atoms. The maximum Gasteiger partial charge on any atom is 0.171 e. The molecule has 4 heteroatoms. The number of allylic oxidation sites excluding steroid dienone is 1. The predicted molar refractivity (Wildman–Crippen MR) is 119 cm³/mol. The van der Waals surface area contributed by atoms with Crippen molar-refractivity contribution < 1.29 is 19.7 Å². The summed E-state index contributed by atoms with van der Waals surface area (Å²) in [5.41, 5.74) is 1.59. The molecule has 6 aliphatic rings. The molecule has 0 radical (unpaired) electrons. The van der Waals surface area contributed by atoms with Gasteiger partial charge in [0.25, 0.3) is 0 Å². The van der Waals surface area contributed by atoms with Gasteiger partial charge in [-0.05, 0) is 85.4 Å². The van der Waals surface area contributed by atoms with Crippen molar-refractivity contribution in [3.8, 4) is 0 Å². The summed E-state index contributed by atoms with van der Waals surface area (Å²) >= 11 is 0. The maximum absolute atomic E-state index is 11.7. The minimum Gasteiger partial charge on any atom is -0.393 e. The minimum atomic E-state index is -0.386. The van der Waals surface area contributed by atoms with Crippen LogP contribution >= 0.6 is 0 Å². The molecular weight excluding hydrogens is 388 g/mol. The zero-order valence-corrected chi connectivity index (χ0v) is 19.8. The summed E-state index contributed by atoms with van der Waals surface area (Å²) in [6.07, 6.45) is 10.2. The van der Waals surface area contributed by atoms with Gasteiger partial charge in [0.05, 0.1) is 24.9 Å². The van der Waals surface area contributed by atoms with Gasteiger partial charge in [0, 0.05) is 12.3 Å². The van der Waals surface area contributed by atoms with Crippen molar-refractivity contribution in [2.45, 2.75) is 103 Å². The molecule has 0 aromatic heterocycles. The van der Waals surface area contributed by atoms with Crippen LogP contribution in [0, 0.1) is 46.3 Å². The number of rotatable bonds is 0. The Morgan fingerprint density at radius 3 is 2.61 bits per heavy atom. The molecule has 0 amide bonds. The lowest BCUT2D eigenvalue weighted by Gasteiger charge is -2.60. The van der Waals surface area contributed by atoms with Crippen LogP contribution < -0.4 is 0 Å². The van der Waals surface area contributed by atoms with Crippen molar-refractivity contribution in [1.82, 2.24) is 0 Å². The molecule has 0 aromatic carbocycles. The van der Waals surface area contributed by atoms with Gasteiger partial charge in [-0.3, -0.25) is 0 Å². The van der Waals surface area contributed by atoms with E-state index in [-0.39, 0.29) is 34.9 Å². The lowest BCUT2D eigenvalue weighted by Crippen LogP contribution is -2.57. The quantitative estimate of drug-likeness (QED) is 0.548. The van der Waals surface area contributed by atoms with E-state index in [1.807, 2.05) is 0 Å². The van der Waals surface area contributed by atoms with Crippen LogP contribution in [0.15, 0.2) is 11.6 Å². The number of hydrogen-bond acceptors (Lipinski definition) is 4. The molecule has 2 saturated heterocycles. The number of aliphatic hydroxyl groups excluding tert-OH is 2. The normalized spacial score (nSPS) is 60.7. The highest BCUT2D eigenvalue weighted by Gasteiger charge is 2.70. The van der Waals surface area contributed by atoms with E-state index in [1.54, 1.807) is 0 Å². The van der Waals surface area contributed by atoms with E-state index in [9.17, 15) is 10.2 Å². The standard InChI is InChI=1S/C27H42O4/c1-15-7-10-27(30-14-15)16(2)23-22(31-27)12-20-19-6-5-17-11-18(28)8-9-25(17,3)24(19)21(29)13-26(20,23)4/h5,15-16,18-24,28-29H,6-14H2,1-4H3. The molecule has 2 N–H and O–H groups in total. The Hall–Kier alpha value is -0.420. The van der Waals surface area contributed by atoms with Gasteiger partial charge in [-0.2, -0.15) is 0 Å². The number of fused-ring (bicyclic) bond motifs is 7. The fourth-order valence-corrected chi connectivity index (χ4v) is 9.79. The molecular formula is C27H42O4. The van der Waals surface area contributed by atoms with E-state index in [0.717, 1.165) is 51.6 Å². The van der Waals surface area contributed by atoms with E-state index in [0.29, 0.717) is 35.5 Å². The second-order valence-electron chi connectivity index (χ2n) is 12.8. The first kappa shape index (κ1) is 21.1. The Kier molecular flexibility index (Phi) is 4.64. The first-order valence-electron chi connectivity index (χ1n) is 13.1. The fourth-order valence-electron chi connectivity index (χ4n) is 9.79. The van der Waals surface area contributed by atoms with Crippen LogP contribution in [-0.2, 0) is 9.47 Å². The summed E-state index contributed by atoms with van der Waals surface area (Å²) in [7, 11) is 0. The van der Waals surface area contributed by atoms with Crippen molar-refractivity contribution in [3.05, 3.63) is 11.6 Å². The number of aliphatic hydroxyl groups is 2. The van der Waals surface area contributed by atoms with E-state index < -0.39 is 0 Å². The second kappa shape index (κ2) is 6.81. The molecule has 4 nitrogen and oxygen atoms in total. The lowest BCUT2D eigenvalue weighted by atomic mass is 9.46. The Morgan fingerprint density at radius 2 is 1.87 bits per heavy atom. The Balaban J connectivity index is 1.31. The smallest absolute Gasteiger partial charge is 0.171 e. The molecule has 12 unspecified atom stereocenters. The first-order valence-corrected chi connectivity index (χ1v) is 13.1. The van der Waals surface area contributed by atoms with Gasteiger partial charge in [-0.1, -0.05) is 39.3 Å². The minimum absolute atomic E-state index is 0.0525. The lowest BCUT2D eigenvalue weighted by molar-refractivity contribution is -0.273. The monoisotopic (exact) mass is 430 g/mol. The predicted octanol–water partition coefficient (Wildman–Crippen LogP) is 4.68. The Morgan fingerprint density at radius 1 is 1.06 bits per heavy atom. The van der Waals surface area contributed by atoms with Crippen LogP contribution in [0.1, 0.15) is 79.1 Å². The summed E-state index contributed by atoms with van der Waals surface area (Å²) in [4.78, 5) is 0. The van der Waals surface area contributed by atoms with Crippen molar-refractivity contribution in [2.75, 3.05) is 6.61 Å². The number of hydrogen-bond donors (Lipinski definition) is 2. The third kappa shape index (κ3) is 2.74. The van der Waals surface area contributed by atoms with E-state index in [2.05, 4.69) is 33.8 Å². The summed E-state index contributed by atoms with van der Waals surface area (Å²) in [6.45, 7) is 10.3. The molecule has 3 saturated carbocycles. The Bertz CT molecular complexity index is 769. The molecule has 174 valence electrons. The first-order chi connectivity index (χ1) is 14.7. The van der Waals surface area contributed by atoms with Gasteiger partial charge in [-0.25, -0.2) is 0 Å². The average molecular weight is 431 g/mol. The molecule has 6 rings (SSSR count). The molecule has 4 aliphatic carbocycles. The Labute approximate surface area is 187 Å². The third-order valence-electron chi connectivity index (χ3n) is 11.3. The SMILES string of the molecule is CC1CCC2(OC1)OC1CC3C4CC=C5CC(O)CCC5(C)C4C(O)CC3(C)C1C2C. The molecule has 12 atom stereocenters. The van der Waals surface area contributed by atoms with Gasteiger partial charge in [0.15, 0.2) is 5.79 Å². The molecule has 2 heterocycles. The molecule has 0 aromatic rings. The molecule has 5 fully saturated rings. The molecule has 2 aliphatic heterocycles. The van der Waals surface area contributed by atoms with Crippen molar-refractivity contribution >= 4 is 0 Å². The van der Waals surface area contributed by atoms with Crippen LogP contribution in [0.25, 0.3) is 0 Å². The van der Waals surface area contributed by atoms with Crippen LogP contribution in [0.2, 0.25) is 0 Å². The summed E-state index contributed by atoms with van der Waals surface area (Å²) in [6, 6.07) is 0. The van der Waals surface area contributed by atoms with E-state index in [1.165, 1.54) is 12.0 Å². The number of ether oxygens (including phenoxy) is 2. The highest BCUT2D eigenvalue weighted by molar-refractivity contribution is 5.27. The molecule has 0 bridgehead atoms. The second-order valence-corrected chi connectivity index (χ2v) is 12.8. The highest BCUT2D eigenvalue weighted by Crippen LogP contribution is 2.70. The summed E-state index contributed by atoms with van der Waals surface area (Å²) in [5.74, 6) is 2.57. The van der Waals surface area contributed by atoms with Crippen LogP contribution in [0.3, 0.4) is 0 Å². The zero-order valence-electron chi connectivity index (χ0n) is 19.8. The van der Waals surface area contributed by atoms with Gasteiger partial charge >= 0.3 is 0 Å². The van der Waals surface area contributed by atoms with Crippen molar-refractivity contribution in [1.29, 1.82) is 0 Å². The van der Waals surface area contributed by atoms with Crippen LogP contribution in [0.5, 0.6) is 0 Å². The van der Waals surface area contributed by atoms with Gasteiger partial charge in [-0.15, -0.1) is 0 Å². The highest BCUT2D eigenvalue weighted by atomic mass is 16.7. The average Bonchev–Trinajstić information content (AvgIpc) is 3.15. The van der Waals surface area contributed by atoms with Crippen molar-refractivity contribution in [3.63, 3.8) is 0 Å². The van der Waals surface area contributed by atoms with Gasteiger partial charge < -0.3 is 19.7 Å².